The molecule has 0 aromatic carbocycles. The summed E-state index contributed by atoms with van der Waals surface area (Å²) in [4.78, 5) is 14.7. The smallest absolute Gasteiger partial charge is 0.265 e. The molecule has 5 heteroatoms. The number of ether oxygens (including phenoxy) is 1. The number of nitrogens with zero attached hydrogens (tertiary/aromatic N) is 1. The van der Waals surface area contributed by atoms with E-state index in [1.165, 1.54) is 24.2 Å². The number of carbonyl (C=O) groups is 1. The topological polar surface area (TPSA) is 49.8 Å². The van der Waals surface area contributed by atoms with E-state index in [4.69, 9.17) is 9.84 Å². The Morgan fingerprint density at radius 2 is 2.38 bits per heavy atom. The van der Waals surface area contributed by atoms with Gasteiger partial charge in [-0.25, -0.2) is 0 Å². The minimum atomic E-state index is -0.0201. The normalized spacial score (nSPS) is 13.6. The number of carbonyl (C=O) groups excluding carboxylic acids is 1. The molecule has 0 spiro atoms. The van der Waals surface area contributed by atoms with E-state index in [1.54, 1.807) is 11.9 Å². The average Bonchev–Trinajstić information content (AvgIpc) is 3.20. The van der Waals surface area contributed by atoms with Crippen LogP contribution in [0.25, 0.3) is 0 Å². The second kappa shape index (κ2) is 8.18. The second-order valence-electron chi connectivity index (χ2n) is 5.18. The van der Waals surface area contributed by atoms with Crippen molar-refractivity contribution in [1.82, 2.24) is 4.90 Å². The molecule has 0 saturated heterocycles. The first kappa shape index (κ1) is 16.0. The lowest BCUT2D eigenvalue weighted by atomic mass is 10.2. The van der Waals surface area contributed by atoms with Crippen LogP contribution < -0.4 is 0 Å². The van der Waals surface area contributed by atoms with Gasteiger partial charge in [-0.15, -0.1) is 11.3 Å². The highest BCUT2D eigenvalue weighted by Gasteiger charge is 2.21. The van der Waals surface area contributed by atoms with Gasteiger partial charge >= 0.3 is 0 Å². The summed E-state index contributed by atoms with van der Waals surface area (Å²) in [5.41, 5.74) is 0.740. The van der Waals surface area contributed by atoms with Crippen molar-refractivity contribution in [2.24, 2.45) is 5.92 Å². The van der Waals surface area contributed by atoms with E-state index >= 15 is 0 Å². The van der Waals surface area contributed by atoms with Crippen molar-refractivity contribution >= 4 is 17.2 Å². The third-order valence-corrected chi connectivity index (χ3v) is 4.19. The minimum absolute atomic E-state index is 0.0201. The maximum Gasteiger partial charge on any atom is 0.265 e. The zero-order valence-corrected chi connectivity index (χ0v) is 13.1. The van der Waals surface area contributed by atoms with Gasteiger partial charge in [0.25, 0.3) is 5.91 Å². The fraction of sp³-hybridized carbons (Fsp3) is 0.562. The van der Waals surface area contributed by atoms with Crippen molar-refractivity contribution in [2.45, 2.75) is 19.3 Å². The molecule has 2 rings (SSSR count). The van der Waals surface area contributed by atoms with Crippen LogP contribution in [0.4, 0.5) is 0 Å². The van der Waals surface area contributed by atoms with E-state index in [-0.39, 0.29) is 12.5 Å². The van der Waals surface area contributed by atoms with E-state index in [9.17, 15) is 4.79 Å². The summed E-state index contributed by atoms with van der Waals surface area (Å²) < 4.78 is 5.56. The van der Waals surface area contributed by atoms with Crippen molar-refractivity contribution in [3.05, 3.63) is 21.9 Å². The second-order valence-corrected chi connectivity index (χ2v) is 6.10. The number of hydrogen-bond donors (Lipinski definition) is 1. The van der Waals surface area contributed by atoms with Crippen LogP contribution in [-0.4, -0.2) is 49.3 Å². The fourth-order valence-corrected chi connectivity index (χ4v) is 2.64. The first-order chi connectivity index (χ1) is 10.2. The molecular formula is C16H21NO3S. The molecule has 4 nitrogen and oxygen atoms in total. The van der Waals surface area contributed by atoms with Crippen LogP contribution >= 0.6 is 11.3 Å². The highest BCUT2D eigenvalue weighted by Crippen LogP contribution is 2.28. The van der Waals surface area contributed by atoms with Crippen LogP contribution in [0, 0.1) is 17.8 Å². The van der Waals surface area contributed by atoms with E-state index in [2.05, 4.69) is 11.8 Å². The van der Waals surface area contributed by atoms with Crippen molar-refractivity contribution in [3.8, 4) is 11.8 Å². The number of thiophene rings is 1. The monoisotopic (exact) mass is 307 g/mol. The van der Waals surface area contributed by atoms with Gasteiger partial charge in [0.15, 0.2) is 0 Å². The Morgan fingerprint density at radius 3 is 3.10 bits per heavy atom. The molecule has 0 radical (unpaired) electrons. The Bertz CT molecular complexity index is 525. The Hall–Kier alpha value is -1.35. The summed E-state index contributed by atoms with van der Waals surface area (Å²) in [6, 6.07) is 1.85. The Morgan fingerprint density at radius 1 is 1.57 bits per heavy atom. The standard InChI is InChI=1S/C16H21NO3S/c1-17(8-10-20-12-13-5-6-13)16(19)15-14(7-11-21-15)4-2-3-9-18/h7,11,13,18H,3,5-6,8-10,12H2,1H3. The molecule has 1 saturated carbocycles. The van der Waals surface area contributed by atoms with E-state index in [0.717, 1.165) is 18.1 Å². The van der Waals surface area contributed by atoms with Gasteiger partial charge < -0.3 is 14.7 Å². The maximum atomic E-state index is 12.4. The molecule has 1 aromatic heterocycles. The first-order valence-corrected chi connectivity index (χ1v) is 8.10. The zero-order chi connectivity index (χ0) is 15.1. The Kier molecular flexibility index (Phi) is 6.24. The third kappa shape index (κ3) is 5.16. The molecule has 1 aliphatic rings. The van der Waals surface area contributed by atoms with E-state index < -0.39 is 0 Å². The summed E-state index contributed by atoms with van der Waals surface area (Å²) in [7, 11) is 1.79. The summed E-state index contributed by atoms with van der Waals surface area (Å²) in [5, 5.41) is 10.6. The molecule has 1 heterocycles. The van der Waals surface area contributed by atoms with Crippen LogP contribution in [0.2, 0.25) is 0 Å². The molecule has 1 aromatic rings. The van der Waals surface area contributed by atoms with Gasteiger partial charge in [-0.05, 0) is 30.2 Å². The summed E-state index contributed by atoms with van der Waals surface area (Å²) in [5.74, 6) is 6.52. The van der Waals surface area contributed by atoms with E-state index in [1.807, 2.05) is 11.4 Å². The largest absolute Gasteiger partial charge is 0.395 e. The lowest BCUT2D eigenvalue weighted by Crippen LogP contribution is -2.30. The molecule has 1 N–H and O–H groups in total. The van der Waals surface area contributed by atoms with Crippen LogP contribution in [0.15, 0.2) is 11.4 Å². The van der Waals surface area contributed by atoms with Gasteiger partial charge in [0.1, 0.15) is 4.88 Å². The molecule has 0 unspecified atom stereocenters. The number of aliphatic hydroxyl groups is 1. The molecule has 1 aliphatic carbocycles. The lowest BCUT2D eigenvalue weighted by Gasteiger charge is -2.16. The minimum Gasteiger partial charge on any atom is -0.395 e. The van der Waals surface area contributed by atoms with Gasteiger partial charge in [0, 0.05) is 32.2 Å². The van der Waals surface area contributed by atoms with E-state index in [0.29, 0.717) is 24.4 Å². The predicted molar refractivity (Wildman–Crippen MR) is 83.4 cm³/mol. The van der Waals surface area contributed by atoms with Crippen molar-refractivity contribution in [1.29, 1.82) is 0 Å². The van der Waals surface area contributed by atoms with Crippen molar-refractivity contribution in [2.75, 3.05) is 33.4 Å². The molecule has 0 aliphatic heterocycles. The molecule has 21 heavy (non-hydrogen) atoms. The summed E-state index contributed by atoms with van der Waals surface area (Å²) in [6.07, 6.45) is 2.98. The maximum absolute atomic E-state index is 12.4. The third-order valence-electron chi connectivity index (χ3n) is 3.29. The quantitative estimate of drug-likeness (QED) is 0.619. The number of rotatable bonds is 7. The number of hydrogen-bond acceptors (Lipinski definition) is 4. The van der Waals surface area contributed by atoms with Gasteiger partial charge in [-0.2, -0.15) is 0 Å². The molecule has 1 amide bonds. The van der Waals surface area contributed by atoms with Gasteiger partial charge in [-0.1, -0.05) is 11.8 Å². The summed E-state index contributed by atoms with van der Waals surface area (Å²) >= 11 is 1.40. The Labute approximate surface area is 129 Å². The molecular weight excluding hydrogens is 286 g/mol. The first-order valence-electron chi connectivity index (χ1n) is 7.22. The van der Waals surface area contributed by atoms with Gasteiger partial charge in [0.2, 0.25) is 0 Å². The predicted octanol–water partition coefficient (Wildman–Crippen LogP) is 1.98. The van der Waals surface area contributed by atoms with Gasteiger partial charge in [-0.3, -0.25) is 4.79 Å². The molecule has 0 atom stereocenters. The number of likely N-dealkylation sites (N-methyl/N-ethyl adjacent to an activating group) is 1. The summed E-state index contributed by atoms with van der Waals surface area (Å²) in [6.45, 7) is 2.03. The molecule has 0 bridgehead atoms. The average molecular weight is 307 g/mol. The lowest BCUT2D eigenvalue weighted by molar-refractivity contribution is 0.0685. The van der Waals surface area contributed by atoms with Crippen LogP contribution in [0.3, 0.4) is 0 Å². The fourth-order valence-electron chi connectivity index (χ4n) is 1.80. The highest BCUT2D eigenvalue weighted by molar-refractivity contribution is 7.12. The molecule has 1 fully saturated rings. The van der Waals surface area contributed by atoms with Crippen LogP contribution in [0.1, 0.15) is 34.5 Å². The number of aliphatic hydroxyl groups excluding tert-OH is 1. The Balaban J connectivity index is 1.83. The number of amides is 1. The van der Waals surface area contributed by atoms with Crippen LogP contribution in [-0.2, 0) is 4.74 Å². The van der Waals surface area contributed by atoms with Gasteiger partial charge in [0.05, 0.1) is 13.2 Å². The molecule has 114 valence electrons. The van der Waals surface area contributed by atoms with Crippen LogP contribution in [0.5, 0.6) is 0 Å². The zero-order valence-electron chi connectivity index (χ0n) is 12.3. The SMILES string of the molecule is CN(CCOCC1CC1)C(=O)c1sccc1C#CCCO. The van der Waals surface area contributed by atoms with Crippen molar-refractivity contribution < 1.29 is 14.6 Å². The van der Waals surface area contributed by atoms with Crippen molar-refractivity contribution in [3.63, 3.8) is 0 Å². The highest BCUT2D eigenvalue weighted by atomic mass is 32.1.